The SMILES string of the molecule is CCCc1nn2c(c1Br)NCCC2c1ccc(C)cc1C. The molecule has 1 atom stereocenters. The topological polar surface area (TPSA) is 29.9 Å². The molecular weight excluding hydrogens is 326 g/mol. The Balaban J connectivity index is 2.06. The molecule has 0 fully saturated rings. The smallest absolute Gasteiger partial charge is 0.139 e. The van der Waals surface area contributed by atoms with Gasteiger partial charge in [0.1, 0.15) is 5.82 Å². The Kier molecular flexibility index (Phi) is 4.07. The minimum absolute atomic E-state index is 0.337. The molecule has 1 aromatic heterocycles. The number of hydrogen-bond acceptors (Lipinski definition) is 2. The summed E-state index contributed by atoms with van der Waals surface area (Å²) in [6.07, 6.45) is 3.21. The highest BCUT2D eigenvalue weighted by molar-refractivity contribution is 9.10. The number of nitrogens with one attached hydrogen (secondary N) is 1. The van der Waals surface area contributed by atoms with Gasteiger partial charge in [0.05, 0.1) is 16.2 Å². The lowest BCUT2D eigenvalue weighted by Crippen LogP contribution is -2.25. The first-order chi connectivity index (χ1) is 10.1. The van der Waals surface area contributed by atoms with Crippen molar-refractivity contribution in [1.29, 1.82) is 0 Å². The molecule has 0 radical (unpaired) electrons. The van der Waals surface area contributed by atoms with Crippen LogP contribution in [-0.4, -0.2) is 16.3 Å². The highest BCUT2D eigenvalue weighted by atomic mass is 79.9. The van der Waals surface area contributed by atoms with E-state index in [1.54, 1.807) is 0 Å². The summed E-state index contributed by atoms with van der Waals surface area (Å²) in [6, 6.07) is 7.07. The lowest BCUT2D eigenvalue weighted by Gasteiger charge is -2.27. The van der Waals surface area contributed by atoms with E-state index in [9.17, 15) is 0 Å². The molecule has 1 aliphatic heterocycles. The second kappa shape index (κ2) is 5.84. The minimum Gasteiger partial charge on any atom is -0.369 e. The number of aromatic nitrogens is 2. The summed E-state index contributed by atoms with van der Waals surface area (Å²) in [6.45, 7) is 7.54. The van der Waals surface area contributed by atoms with Crippen molar-refractivity contribution in [3.05, 3.63) is 45.1 Å². The molecule has 21 heavy (non-hydrogen) atoms. The van der Waals surface area contributed by atoms with Crippen LogP contribution >= 0.6 is 15.9 Å². The zero-order chi connectivity index (χ0) is 15.0. The van der Waals surface area contributed by atoms with Crippen LogP contribution in [0.5, 0.6) is 0 Å². The van der Waals surface area contributed by atoms with Crippen LogP contribution in [-0.2, 0) is 6.42 Å². The van der Waals surface area contributed by atoms with Crippen molar-refractivity contribution in [3.63, 3.8) is 0 Å². The highest BCUT2D eigenvalue weighted by Crippen LogP contribution is 2.37. The summed E-state index contributed by atoms with van der Waals surface area (Å²) in [4.78, 5) is 0. The fraction of sp³-hybridized carbons (Fsp3) is 0.471. The van der Waals surface area contributed by atoms with E-state index in [0.717, 1.165) is 41.8 Å². The largest absolute Gasteiger partial charge is 0.369 e. The van der Waals surface area contributed by atoms with Gasteiger partial charge < -0.3 is 5.32 Å². The molecule has 0 amide bonds. The summed E-state index contributed by atoms with van der Waals surface area (Å²) in [5, 5.41) is 8.36. The van der Waals surface area contributed by atoms with Crippen LogP contribution in [0.15, 0.2) is 22.7 Å². The third kappa shape index (κ3) is 2.61. The van der Waals surface area contributed by atoms with Crippen molar-refractivity contribution in [2.24, 2.45) is 0 Å². The number of nitrogens with zero attached hydrogens (tertiary/aromatic N) is 2. The molecule has 1 aromatic carbocycles. The lowest BCUT2D eigenvalue weighted by molar-refractivity contribution is 0.476. The van der Waals surface area contributed by atoms with E-state index in [1.165, 1.54) is 16.7 Å². The predicted octanol–water partition coefficient (Wildman–Crippen LogP) is 4.62. The molecule has 0 aliphatic carbocycles. The van der Waals surface area contributed by atoms with Gasteiger partial charge in [-0.25, -0.2) is 4.68 Å². The zero-order valence-corrected chi connectivity index (χ0v) is 14.5. The van der Waals surface area contributed by atoms with Gasteiger partial charge in [0.25, 0.3) is 0 Å². The Bertz CT molecular complexity index is 660. The van der Waals surface area contributed by atoms with Crippen LogP contribution in [0.2, 0.25) is 0 Å². The van der Waals surface area contributed by atoms with E-state index >= 15 is 0 Å². The normalized spacial score (nSPS) is 17.4. The van der Waals surface area contributed by atoms with Gasteiger partial charge in [0.2, 0.25) is 0 Å². The van der Waals surface area contributed by atoms with Gasteiger partial charge in [0, 0.05) is 6.54 Å². The van der Waals surface area contributed by atoms with E-state index in [1.807, 2.05) is 0 Å². The van der Waals surface area contributed by atoms with E-state index in [2.05, 4.69) is 64.9 Å². The number of hydrogen-bond donors (Lipinski definition) is 1. The fourth-order valence-corrected chi connectivity index (χ4v) is 3.78. The number of aryl methyl sites for hydroxylation is 3. The highest BCUT2D eigenvalue weighted by Gasteiger charge is 2.27. The number of rotatable bonds is 3. The van der Waals surface area contributed by atoms with Gasteiger partial charge in [-0.2, -0.15) is 5.10 Å². The van der Waals surface area contributed by atoms with Crippen LogP contribution in [0.25, 0.3) is 0 Å². The lowest BCUT2D eigenvalue weighted by atomic mass is 9.96. The summed E-state index contributed by atoms with van der Waals surface area (Å²) < 4.78 is 3.31. The molecule has 2 heterocycles. The van der Waals surface area contributed by atoms with Gasteiger partial charge in [-0.1, -0.05) is 37.1 Å². The first-order valence-corrected chi connectivity index (χ1v) is 8.49. The Hall–Kier alpha value is -1.29. The molecule has 1 unspecified atom stereocenters. The molecule has 112 valence electrons. The van der Waals surface area contributed by atoms with E-state index in [4.69, 9.17) is 5.10 Å². The van der Waals surface area contributed by atoms with Crippen molar-refractivity contribution in [2.45, 2.75) is 46.1 Å². The number of fused-ring (bicyclic) bond motifs is 1. The Morgan fingerprint density at radius 1 is 1.38 bits per heavy atom. The maximum atomic E-state index is 4.87. The molecule has 4 heteroatoms. The van der Waals surface area contributed by atoms with E-state index < -0.39 is 0 Å². The first kappa shape index (κ1) is 14.6. The van der Waals surface area contributed by atoms with E-state index in [0.29, 0.717) is 6.04 Å². The fourth-order valence-electron chi connectivity index (χ4n) is 3.18. The van der Waals surface area contributed by atoms with Gasteiger partial charge in [-0.05, 0) is 53.7 Å². The summed E-state index contributed by atoms with van der Waals surface area (Å²) in [5.74, 6) is 1.13. The maximum absolute atomic E-state index is 4.87. The molecule has 1 aliphatic rings. The maximum Gasteiger partial charge on any atom is 0.139 e. The number of halogens is 1. The van der Waals surface area contributed by atoms with Crippen molar-refractivity contribution < 1.29 is 0 Å². The quantitative estimate of drug-likeness (QED) is 0.877. The molecule has 0 spiro atoms. The van der Waals surface area contributed by atoms with Crippen LogP contribution in [0, 0.1) is 13.8 Å². The Morgan fingerprint density at radius 3 is 2.90 bits per heavy atom. The van der Waals surface area contributed by atoms with Crippen LogP contribution < -0.4 is 5.32 Å². The second-order valence-electron chi connectivity index (χ2n) is 5.90. The third-order valence-corrected chi connectivity index (χ3v) is 5.03. The molecule has 2 aromatic rings. The standard InChI is InChI=1S/C17H22BrN3/c1-4-5-14-16(18)17-19-9-8-15(21(17)20-14)13-7-6-11(2)10-12(13)3/h6-7,10,15,19H,4-5,8-9H2,1-3H3. The number of anilines is 1. The van der Waals surface area contributed by atoms with Crippen molar-refractivity contribution in [3.8, 4) is 0 Å². The average Bonchev–Trinajstić information content (AvgIpc) is 2.77. The van der Waals surface area contributed by atoms with Gasteiger partial charge in [-0.15, -0.1) is 0 Å². The Labute approximate surface area is 134 Å². The third-order valence-electron chi connectivity index (χ3n) is 4.20. The molecule has 0 bridgehead atoms. The summed E-state index contributed by atoms with van der Waals surface area (Å²) in [7, 11) is 0. The monoisotopic (exact) mass is 347 g/mol. The molecule has 0 saturated carbocycles. The Morgan fingerprint density at radius 2 is 2.19 bits per heavy atom. The van der Waals surface area contributed by atoms with Crippen molar-refractivity contribution >= 4 is 21.7 Å². The first-order valence-electron chi connectivity index (χ1n) is 7.69. The van der Waals surface area contributed by atoms with Crippen LogP contribution in [0.1, 0.15) is 48.2 Å². The zero-order valence-electron chi connectivity index (χ0n) is 12.9. The average molecular weight is 348 g/mol. The van der Waals surface area contributed by atoms with Crippen LogP contribution in [0.3, 0.4) is 0 Å². The molecule has 3 nitrogen and oxygen atoms in total. The van der Waals surface area contributed by atoms with Gasteiger partial charge in [-0.3, -0.25) is 0 Å². The minimum atomic E-state index is 0.337. The molecule has 3 rings (SSSR count). The van der Waals surface area contributed by atoms with Crippen molar-refractivity contribution in [2.75, 3.05) is 11.9 Å². The second-order valence-corrected chi connectivity index (χ2v) is 6.69. The van der Waals surface area contributed by atoms with E-state index in [-0.39, 0.29) is 0 Å². The predicted molar refractivity (Wildman–Crippen MR) is 91.1 cm³/mol. The molecule has 0 saturated heterocycles. The van der Waals surface area contributed by atoms with Gasteiger partial charge >= 0.3 is 0 Å². The number of benzene rings is 1. The summed E-state index contributed by atoms with van der Waals surface area (Å²) >= 11 is 3.72. The van der Waals surface area contributed by atoms with Gasteiger partial charge in [0.15, 0.2) is 0 Å². The molecular formula is C17H22BrN3. The summed E-state index contributed by atoms with van der Waals surface area (Å²) in [5.41, 5.74) is 5.23. The van der Waals surface area contributed by atoms with Crippen LogP contribution in [0.4, 0.5) is 5.82 Å². The van der Waals surface area contributed by atoms with Crippen molar-refractivity contribution in [1.82, 2.24) is 9.78 Å². The molecule has 1 N–H and O–H groups in total.